The predicted octanol–water partition coefficient (Wildman–Crippen LogP) is 2.61. The first kappa shape index (κ1) is 22.2. The van der Waals surface area contributed by atoms with Gasteiger partial charge in [-0.05, 0) is 25.3 Å². The second kappa shape index (κ2) is 10.5. The molecule has 0 saturated heterocycles. The molecule has 5 atom stereocenters. The lowest BCUT2D eigenvalue weighted by molar-refractivity contribution is -0.152. The average molecular weight is 416 g/mol. The SMILES string of the molecule is O=C(O)CCC/C=C\C[C@H]1[C@@H](O)CC(=O)[C@@H]1/C=C/[C@@H](O)[C@H]1OCc2ccccc2O1. The van der Waals surface area contributed by atoms with Crippen LogP contribution in [0.25, 0.3) is 0 Å². The molecule has 0 amide bonds. The summed E-state index contributed by atoms with van der Waals surface area (Å²) in [6, 6.07) is 7.45. The summed E-state index contributed by atoms with van der Waals surface area (Å²) >= 11 is 0. The molecule has 162 valence electrons. The number of hydrogen-bond acceptors (Lipinski definition) is 6. The molecule has 0 unspecified atom stereocenters. The molecule has 30 heavy (non-hydrogen) atoms. The number of Topliss-reactive ketones (excluding diaryl/α,β-unsaturated/α-hetero) is 1. The number of fused-ring (bicyclic) bond motifs is 1. The Labute approximate surface area is 175 Å². The Balaban J connectivity index is 1.55. The number of para-hydroxylation sites is 1. The Morgan fingerprint density at radius 1 is 1.27 bits per heavy atom. The monoisotopic (exact) mass is 416 g/mol. The van der Waals surface area contributed by atoms with E-state index in [-0.39, 0.29) is 24.5 Å². The lowest BCUT2D eigenvalue weighted by Gasteiger charge is -2.28. The fourth-order valence-electron chi connectivity index (χ4n) is 3.83. The smallest absolute Gasteiger partial charge is 0.303 e. The van der Waals surface area contributed by atoms with E-state index in [4.69, 9.17) is 14.6 Å². The first-order valence-corrected chi connectivity index (χ1v) is 10.3. The Bertz CT molecular complexity index is 800. The van der Waals surface area contributed by atoms with E-state index < -0.39 is 30.4 Å². The first-order chi connectivity index (χ1) is 14.5. The number of unbranched alkanes of at least 4 members (excludes halogenated alkanes) is 1. The van der Waals surface area contributed by atoms with E-state index in [2.05, 4.69) is 0 Å². The first-order valence-electron chi connectivity index (χ1n) is 10.3. The molecule has 0 spiro atoms. The van der Waals surface area contributed by atoms with Gasteiger partial charge in [-0.15, -0.1) is 0 Å². The van der Waals surface area contributed by atoms with Gasteiger partial charge >= 0.3 is 5.97 Å². The minimum absolute atomic E-state index is 0.0638. The van der Waals surface area contributed by atoms with Crippen LogP contribution in [0.5, 0.6) is 5.75 Å². The van der Waals surface area contributed by atoms with Crippen LogP contribution in [0.15, 0.2) is 48.6 Å². The van der Waals surface area contributed by atoms with Crippen LogP contribution in [0.3, 0.4) is 0 Å². The summed E-state index contributed by atoms with van der Waals surface area (Å²) in [5.74, 6) is -0.983. The Hall–Kier alpha value is -2.48. The number of hydrogen-bond donors (Lipinski definition) is 3. The topological polar surface area (TPSA) is 113 Å². The predicted molar refractivity (Wildman–Crippen MR) is 109 cm³/mol. The number of carboxylic acid groups (broad SMARTS) is 1. The molecular weight excluding hydrogens is 388 g/mol. The van der Waals surface area contributed by atoms with Crippen LogP contribution >= 0.6 is 0 Å². The third-order valence-corrected chi connectivity index (χ3v) is 5.49. The summed E-state index contributed by atoms with van der Waals surface area (Å²) in [6.45, 7) is 0.335. The molecule has 0 radical (unpaired) electrons. The minimum Gasteiger partial charge on any atom is -0.481 e. The summed E-state index contributed by atoms with van der Waals surface area (Å²) in [4.78, 5) is 22.8. The van der Waals surface area contributed by atoms with Gasteiger partial charge in [0.05, 0.1) is 12.7 Å². The molecule has 3 rings (SSSR count). The van der Waals surface area contributed by atoms with Crippen molar-refractivity contribution in [3.63, 3.8) is 0 Å². The number of carbonyl (C=O) groups is 2. The third kappa shape index (κ3) is 5.78. The van der Waals surface area contributed by atoms with E-state index in [0.29, 0.717) is 31.6 Å². The van der Waals surface area contributed by atoms with Gasteiger partial charge in [-0.25, -0.2) is 0 Å². The number of allylic oxidation sites excluding steroid dienone is 3. The van der Waals surface area contributed by atoms with Gasteiger partial charge in [-0.1, -0.05) is 42.5 Å². The van der Waals surface area contributed by atoms with Crippen molar-refractivity contribution in [3.05, 3.63) is 54.1 Å². The van der Waals surface area contributed by atoms with E-state index in [9.17, 15) is 19.8 Å². The summed E-state index contributed by atoms with van der Waals surface area (Å²) < 4.78 is 11.3. The van der Waals surface area contributed by atoms with Gasteiger partial charge in [0.2, 0.25) is 6.29 Å². The van der Waals surface area contributed by atoms with Crippen molar-refractivity contribution < 1.29 is 34.4 Å². The highest BCUT2D eigenvalue weighted by atomic mass is 16.7. The maximum atomic E-state index is 12.3. The zero-order valence-electron chi connectivity index (χ0n) is 16.7. The molecule has 7 nitrogen and oxygen atoms in total. The van der Waals surface area contributed by atoms with Crippen molar-refractivity contribution in [2.75, 3.05) is 0 Å². The lowest BCUT2D eigenvalue weighted by atomic mass is 9.90. The van der Waals surface area contributed by atoms with Crippen molar-refractivity contribution in [1.82, 2.24) is 0 Å². The highest BCUT2D eigenvalue weighted by Crippen LogP contribution is 2.34. The molecule has 0 aromatic heterocycles. The highest BCUT2D eigenvalue weighted by Gasteiger charge is 2.39. The third-order valence-electron chi connectivity index (χ3n) is 5.49. The number of aliphatic carboxylic acids is 1. The van der Waals surface area contributed by atoms with Gasteiger partial charge < -0.3 is 24.8 Å². The quantitative estimate of drug-likeness (QED) is 0.419. The van der Waals surface area contributed by atoms with E-state index >= 15 is 0 Å². The van der Waals surface area contributed by atoms with Crippen molar-refractivity contribution in [3.8, 4) is 5.75 Å². The van der Waals surface area contributed by atoms with Gasteiger partial charge in [-0.2, -0.15) is 0 Å². The largest absolute Gasteiger partial charge is 0.481 e. The molecule has 1 fully saturated rings. The van der Waals surface area contributed by atoms with Gasteiger partial charge in [0.25, 0.3) is 0 Å². The molecule has 0 bridgehead atoms. The maximum absolute atomic E-state index is 12.3. The van der Waals surface area contributed by atoms with E-state index in [1.807, 2.05) is 36.4 Å². The van der Waals surface area contributed by atoms with Crippen LogP contribution in [0.1, 0.15) is 37.7 Å². The molecule has 7 heteroatoms. The van der Waals surface area contributed by atoms with Crippen LogP contribution in [-0.4, -0.2) is 45.6 Å². The van der Waals surface area contributed by atoms with Crippen LogP contribution in [0.4, 0.5) is 0 Å². The zero-order valence-corrected chi connectivity index (χ0v) is 16.7. The van der Waals surface area contributed by atoms with Crippen LogP contribution in [-0.2, 0) is 20.9 Å². The average Bonchev–Trinajstić information content (AvgIpc) is 3.00. The Kier molecular flexibility index (Phi) is 7.79. The van der Waals surface area contributed by atoms with Crippen molar-refractivity contribution in [2.24, 2.45) is 11.8 Å². The van der Waals surface area contributed by atoms with E-state index in [1.54, 1.807) is 6.08 Å². The molecule has 2 aliphatic rings. The molecule has 1 aliphatic carbocycles. The molecule has 1 heterocycles. The summed E-state index contributed by atoms with van der Waals surface area (Å²) in [7, 11) is 0. The lowest BCUT2D eigenvalue weighted by Crippen LogP contribution is -2.36. The molecule has 1 aromatic rings. The van der Waals surface area contributed by atoms with Gasteiger partial charge in [-0.3, -0.25) is 9.59 Å². The van der Waals surface area contributed by atoms with Crippen LogP contribution < -0.4 is 4.74 Å². The number of carbonyl (C=O) groups excluding carboxylic acids is 1. The summed E-state index contributed by atoms with van der Waals surface area (Å²) in [5.41, 5.74) is 0.911. The normalized spacial score (nSPS) is 27.3. The molecule has 1 aliphatic heterocycles. The van der Waals surface area contributed by atoms with Crippen LogP contribution in [0.2, 0.25) is 0 Å². The van der Waals surface area contributed by atoms with Crippen LogP contribution in [0, 0.1) is 11.8 Å². The van der Waals surface area contributed by atoms with Gasteiger partial charge in [0.1, 0.15) is 17.6 Å². The fourth-order valence-corrected chi connectivity index (χ4v) is 3.83. The number of ether oxygens (including phenoxy) is 2. The molecule has 3 N–H and O–H groups in total. The summed E-state index contributed by atoms with van der Waals surface area (Å²) in [6.07, 6.45) is 6.18. The van der Waals surface area contributed by atoms with E-state index in [0.717, 1.165) is 5.56 Å². The van der Waals surface area contributed by atoms with Crippen molar-refractivity contribution >= 4 is 11.8 Å². The van der Waals surface area contributed by atoms with E-state index in [1.165, 1.54) is 6.08 Å². The Morgan fingerprint density at radius 2 is 2.07 bits per heavy atom. The molecule has 1 aromatic carbocycles. The van der Waals surface area contributed by atoms with Gasteiger partial charge in [0, 0.05) is 30.2 Å². The van der Waals surface area contributed by atoms with Crippen molar-refractivity contribution in [1.29, 1.82) is 0 Å². The van der Waals surface area contributed by atoms with Gasteiger partial charge in [0.15, 0.2) is 0 Å². The standard InChI is InChI=1S/C23H28O7/c24-18(23-29-14-15-7-5-6-9-21(15)30-23)12-11-17-16(19(25)13-20(17)26)8-3-1-2-4-10-22(27)28/h1,3,5-7,9,11-12,16-19,23-25H,2,4,8,10,13-14H2,(H,27,28)/b3-1-,12-11+/t16-,17-,18-,19+,23+/m1/s1. The number of ketones is 1. The number of rotatable bonds is 9. The minimum atomic E-state index is -1.05. The number of benzene rings is 1. The number of carboxylic acids is 1. The molecule has 1 saturated carbocycles. The second-order valence-corrected chi connectivity index (χ2v) is 7.70. The second-order valence-electron chi connectivity index (χ2n) is 7.70. The Morgan fingerprint density at radius 3 is 2.87 bits per heavy atom. The number of aliphatic hydroxyl groups is 2. The maximum Gasteiger partial charge on any atom is 0.303 e. The zero-order chi connectivity index (χ0) is 21.5. The van der Waals surface area contributed by atoms with Crippen molar-refractivity contribution in [2.45, 2.75) is 57.2 Å². The highest BCUT2D eigenvalue weighted by molar-refractivity contribution is 5.86. The molecular formula is C23H28O7. The fraction of sp³-hybridized carbons (Fsp3) is 0.478. The summed E-state index contributed by atoms with van der Waals surface area (Å²) in [5, 5.41) is 29.3. The number of aliphatic hydroxyl groups excluding tert-OH is 2.